The fraction of sp³-hybridized carbons (Fsp3) is 0.375. The van der Waals surface area contributed by atoms with E-state index in [1.807, 2.05) is 18.2 Å². The first kappa shape index (κ1) is 23.2. The first-order valence-corrected chi connectivity index (χ1v) is 13.3. The molecule has 0 bridgehead atoms. The van der Waals surface area contributed by atoms with Crippen molar-refractivity contribution in [2.24, 2.45) is 0 Å². The van der Waals surface area contributed by atoms with Crippen LogP contribution in [-0.2, 0) is 10.0 Å². The van der Waals surface area contributed by atoms with E-state index in [2.05, 4.69) is 9.97 Å². The van der Waals surface area contributed by atoms with E-state index in [1.165, 1.54) is 10.6 Å². The quantitative estimate of drug-likeness (QED) is 0.509. The zero-order valence-electron chi connectivity index (χ0n) is 18.8. The van der Waals surface area contributed by atoms with Gasteiger partial charge in [-0.2, -0.15) is 13.8 Å². The molecule has 0 saturated carbocycles. The van der Waals surface area contributed by atoms with E-state index in [-0.39, 0.29) is 28.5 Å². The van der Waals surface area contributed by atoms with Crippen LogP contribution < -0.4 is 4.48 Å². The normalized spacial score (nSPS) is 19.3. The Morgan fingerprint density at radius 3 is 2.32 bits per heavy atom. The van der Waals surface area contributed by atoms with Gasteiger partial charge in [0.15, 0.2) is 0 Å². The monoisotopic (exact) mass is 500 g/mol. The van der Waals surface area contributed by atoms with Crippen molar-refractivity contribution in [3.8, 4) is 0 Å². The molecule has 5 rings (SSSR count). The predicted octanol–water partition coefficient (Wildman–Crippen LogP) is 3.90. The average molecular weight is 501 g/mol. The van der Waals surface area contributed by atoms with E-state index < -0.39 is 10.0 Å². The van der Waals surface area contributed by atoms with Gasteiger partial charge in [-0.15, -0.1) is 0 Å². The number of likely N-dealkylation sites (tertiary alicyclic amines) is 1. The Labute approximate surface area is 204 Å². The molecule has 2 fully saturated rings. The topological polar surface area (TPSA) is 83.5 Å². The lowest BCUT2D eigenvalue weighted by Crippen LogP contribution is -2.65. The van der Waals surface area contributed by atoms with Crippen LogP contribution in [0.25, 0.3) is 10.8 Å². The molecule has 2 amide bonds. The standard InChI is InChI=1S/C24H27ClN5O3S/c25-21-6-4-20-17-22(7-5-19(20)16-21)34(32,33)29-12-10-28(11-13-29)24(31)30(14-2-1-3-15-30)23-8-9-26-18-27-23/h4-9,16-18H,1-3,10-15H2/q+1. The largest absolute Gasteiger partial charge is 0.425 e. The summed E-state index contributed by atoms with van der Waals surface area (Å²) < 4.78 is 28.3. The van der Waals surface area contributed by atoms with Crippen molar-refractivity contribution >= 4 is 44.2 Å². The Kier molecular flexibility index (Phi) is 6.28. The summed E-state index contributed by atoms with van der Waals surface area (Å²) in [5.41, 5.74) is 0. The van der Waals surface area contributed by atoms with Gasteiger partial charge >= 0.3 is 6.03 Å². The van der Waals surface area contributed by atoms with Gasteiger partial charge < -0.3 is 0 Å². The third-order valence-corrected chi connectivity index (χ3v) is 9.00. The van der Waals surface area contributed by atoms with Gasteiger partial charge in [0, 0.05) is 43.5 Å². The highest BCUT2D eigenvalue weighted by atomic mass is 35.5. The van der Waals surface area contributed by atoms with Crippen LogP contribution in [0, 0.1) is 0 Å². The van der Waals surface area contributed by atoms with Gasteiger partial charge in [0.05, 0.1) is 18.0 Å². The number of rotatable bonds is 3. The molecule has 3 heterocycles. The molecule has 8 nitrogen and oxygen atoms in total. The number of quaternary nitrogens is 1. The second kappa shape index (κ2) is 9.22. The van der Waals surface area contributed by atoms with E-state index in [9.17, 15) is 13.2 Å². The number of carbonyl (C=O) groups is 1. The number of fused-ring (bicyclic) bond motifs is 1. The Bertz CT molecular complexity index is 1300. The smallest absolute Gasteiger partial charge is 0.289 e. The minimum atomic E-state index is -3.67. The zero-order chi connectivity index (χ0) is 23.8. The molecule has 2 aliphatic rings. The number of benzene rings is 2. The SMILES string of the molecule is O=C(N1CCN(S(=O)(=O)c2ccc3cc(Cl)ccc3c2)CC1)[N+]1(c2ccncn2)CCCCC1. The van der Waals surface area contributed by atoms with Crippen LogP contribution in [0.1, 0.15) is 19.3 Å². The van der Waals surface area contributed by atoms with Crippen LogP contribution in [-0.4, -0.2) is 72.9 Å². The van der Waals surface area contributed by atoms with Gasteiger partial charge in [-0.1, -0.05) is 23.7 Å². The number of halogens is 1. The molecular formula is C24H27ClN5O3S+. The van der Waals surface area contributed by atoms with Crippen molar-refractivity contribution in [1.82, 2.24) is 23.7 Å². The third kappa shape index (κ3) is 4.17. The van der Waals surface area contributed by atoms with Crippen LogP contribution in [0.2, 0.25) is 5.02 Å². The van der Waals surface area contributed by atoms with Crippen molar-refractivity contribution < 1.29 is 13.2 Å². The molecule has 0 unspecified atom stereocenters. The number of urea groups is 1. The van der Waals surface area contributed by atoms with Crippen LogP contribution in [0.4, 0.5) is 10.6 Å². The number of hydrogen-bond acceptors (Lipinski definition) is 5. The lowest BCUT2D eigenvalue weighted by atomic mass is 10.1. The highest BCUT2D eigenvalue weighted by molar-refractivity contribution is 7.89. The number of amides is 2. The van der Waals surface area contributed by atoms with Crippen molar-refractivity contribution in [3.63, 3.8) is 0 Å². The molecule has 0 aliphatic carbocycles. The molecule has 34 heavy (non-hydrogen) atoms. The minimum absolute atomic E-state index is 0.00182. The number of hydrogen-bond donors (Lipinski definition) is 0. The molecular weight excluding hydrogens is 474 g/mol. The molecule has 0 atom stereocenters. The van der Waals surface area contributed by atoms with Crippen molar-refractivity contribution in [2.45, 2.75) is 24.2 Å². The number of aromatic nitrogens is 2. The minimum Gasteiger partial charge on any atom is -0.289 e. The van der Waals surface area contributed by atoms with Crippen LogP contribution in [0.15, 0.2) is 59.9 Å². The molecule has 0 radical (unpaired) electrons. The lowest BCUT2D eigenvalue weighted by molar-refractivity contribution is 0.126. The molecule has 2 aliphatic heterocycles. The van der Waals surface area contributed by atoms with Crippen LogP contribution >= 0.6 is 11.6 Å². The fourth-order valence-electron chi connectivity index (χ4n) is 5.00. The van der Waals surface area contributed by atoms with Gasteiger partial charge in [-0.3, -0.25) is 4.90 Å². The average Bonchev–Trinajstić information content (AvgIpc) is 2.89. The van der Waals surface area contributed by atoms with E-state index in [0.29, 0.717) is 37.0 Å². The van der Waals surface area contributed by atoms with Crippen molar-refractivity contribution in [2.75, 3.05) is 39.3 Å². The molecule has 0 spiro atoms. The van der Waals surface area contributed by atoms with Gasteiger partial charge in [0.2, 0.25) is 15.8 Å². The van der Waals surface area contributed by atoms with Crippen molar-refractivity contribution in [1.29, 1.82) is 0 Å². The van der Waals surface area contributed by atoms with Crippen LogP contribution in [0.5, 0.6) is 0 Å². The first-order valence-electron chi connectivity index (χ1n) is 11.5. The number of piperidine rings is 1. The summed E-state index contributed by atoms with van der Waals surface area (Å²) in [5, 5.41) is 2.32. The summed E-state index contributed by atoms with van der Waals surface area (Å²) in [6.45, 7) is 2.64. The van der Waals surface area contributed by atoms with E-state index in [0.717, 1.165) is 30.0 Å². The van der Waals surface area contributed by atoms with Gasteiger partial charge in [0.1, 0.15) is 6.33 Å². The second-order valence-electron chi connectivity index (χ2n) is 8.87. The number of sulfonamides is 1. The predicted molar refractivity (Wildman–Crippen MR) is 132 cm³/mol. The van der Waals surface area contributed by atoms with Gasteiger partial charge in [0.25, 0.3) is 0 Å². The highest BCUT2D eigenvalue weighted by Gasteiger charge is 2.46. The Morgan fingerprint density at radius 1 is 0.912 bits per heavy atom. The maximum absolute atomic E-state index is 13.7. The Balaban J connectivity index is 1.33. The summed E-state index contributed by atoms with van der Waals surface area (Å²) in [7, 11) is -3.67. The molecule has 3 aromatic rings. The van der Waals surface area contributed by atoms with Gasteiger partial charge in [-0.05, 0) is 54.3 Å². The van der Waals surface area contributed by atoms with Gasteiger partial charge in [-0.25, -0.2) is 18.2 Å². The van der Waals surface area contributed by atoms with E-state index in [4.69, 9.17) is 11.6 Å². The van der Waals surface area contributed by atoms with Crippen molar-refractivity contribution in [3.05, 3.63) is 60.0 Å². The maximum atomic E-state index is 13.7. The number of piperazine rings is 1. The lowest BCUT2D eigenvalue weighted by Gasteiger charge is -2.42. The Morgan fingerprint density at radius 2 is 1.62 bits per heavy atom. The zero-order valence-corrected chi connectivity index (χ0v) is 20.4. The summed E-state index contributed by atoms with van der Waals surface area (Å²) in [5.74, 6) is 0.714. The number of nitrogens with zero attached hydrogens (tertiary/aromatic N) is 5. The summed E-state index contributed by atoms with van der Waals surface area (Å²) in [4.78, 5) is 24.2. The molecule has 10 heteroatoms. The first-order chi connectivity index (χ1) is 16.4. The third-order valence-electron chi connectivity index (χ3n) is 6.87. The highest BCUT2D eigenvalue weighted by Crippen LogP contribution is 2.30. The summed E-state index contributed by atoms with van der Waals surface area (Å²) in [6.07, 6.45) is 6.17. The summed E-state index contributed by atoms with van der Waals surface area (Å²) >= 11 is 6.05. The van der Waals surface area contributed by atoms with Crippen LogP contribution in [0.3, 0.4) is 0 Å². The number of carbonyl (C=O) groups excluding carboxylic acids is 1. The molecule has 178 valence electrons. The Hall–Kier alpha value is -2.59. The molecule has 1 aromatic heterocycles. The maximum Gasteiger partial charge on any atom is 0.425 e. The van der Waals surface area contributed by atoms with E-state index >= 15 is 0 Å². The second-order valence-corrected chi connectivity index (χ2v) is 11.2. The molecule has 0 N–H and O–H groups in total. The fourth-order valence-corrected chi connectivity index (χ4v) is 6.64. The molecule has 2 aromatic carbocycles. The van der Waals surface area contributed by atoms with E-state index in [1.54, 1.807) is 35.4 Å². The summed E-state index contributed by atoms with van der Waals surface area (Å²) in [6, 6.07) is 12.3. The molecule has 2 saturated heterocycles.